The highest BCUT2D eigenvalue weighted by molar-refractivity contribution is 9.10. The number of benzene rings is 1. The van der Waals surface area contributed by atoms with Crippen LogP contribution < -0.4 is 10.1 Å². The van der Waals surface area contributed by atoms with Crippen LogP contribution in [0.1, 0.15) is 31.7 Å². The number of hydrogen-bond acceptors (Lipinski definition) is 2. The summed E-state index contributed by atoms with van der Waals surface area (Å²) in [5.41, 5.74) is 1.28. The summed E-state index contributed by atoms with van der Waals surface area (Å²) in [4.78, 5) is 0. The lowest BCUT2D eigenvalue weighted by Crippen LogP contribution is -2.30. The van der Waals surface area contributed by atoms with Crippen molar-refractivity contribution in [2.24, 2.45) is 5.92 Å². The van der Waals surface area contributed by atoms with Gasteiger partial charge in [0.25, 0.3) is 0 Å². The minimum atomic E-state index is 0.791. The Hall–Kier alpha value is -0.540. The van der Waals surface area contributed by atoms with E-state index in [9.17, 15) is 0 Å². The number of ether oxygens (including phenoxy) is 1. The number of hydrogen-bond donors (Lipinski definition) is 1. The first-order chi connectivity index (χ1) is 8.79. The molecule has 1 N–H and O–H groups in total. The predicted molar refractivity (Wildman–Crippen MR) is 79.2 cm³/mol. The summed E-state index contributed by atoms with van der Waals surface area (Å²) in [7, 11) is 0. The minimum absolute atomic E-state index is 0.791. The third-order valence-corrected chi connectivity index (χ3v) is 4.08. The minimum Gasteiger partial charge on any atom is -0.493 e. The lowest BCUT2D eigenvalue weighted by atomic mass is 9.97. The average Bonchev–Trinajstić information content (AvgIpc) is 2.41. The summed E-state index contributed by atoms with van der Waals surface area (Å²) in [6, 6.07) is 6.27. The van der Waals surface area contributed by atoms with Gasteiger partial charge < -0.3 is 10.1 Å². The highest BCUT2D eigenvalue weighted by atomic mass is 79.9. The number of aryl methyl sites for hydroxylation is 1. The third-order valence-electron chi connectivity index (χ3n) is 3.59. The van der Waals surface area contributed by atoms with Crippen LogP contribution in [0.5, 0.6) is 5.75 Å². The van der Waals surface area contributed by atoms with E-state index in [0.29, 0.717) is 0 Å². The van der Waals surface area contributed by atoms with Crippen molar-refractivity contribution in [1.29, 1.82) is 0 Å². The molecule has 0 aromatic heterocycles. The molecule has 0 radical (unpaired) electrons. The monoisotopic (exact) mass is 311 g/mol. The van der Waals surface area contributed by atoms with Crippen molar-refractivity contribution >= 4 is 15.9 Å². The molecule has 1 atom stereocenters. The van der Waals surface area contributed by atoms with Gasteiger partial charge in [0.1, 0.15) is 5.75 Å². The molecule has 1 aliphatic heterocycles. The van der Waals surface area contributed by atoms with Crippen molar-refractivity contribution in [2.75, 3.05) is 19.7 Å². The van der Waals surface area contributed by atoms with Crippen LogP contribution in [-0.4, -0.2) is 19.7 Å². The van der Waals surface area contributed by atoms with Crippen LogP contribution in [0.4, 0.5) is 0 Å². The van der Waals surface area contributed by atoms with Crippen molar-refractivity contribution in [1.82, 2.24) is 5.32 Å². The van der Waals surface area contributed by atoms with Gasteiger partial charge in [0.05, 0.1) is 6.61 Å². The molecule has 2 rings (SSSR count). The molecule has 0 spiro atoms. The van der Waals surface area contributed by atoms with Gasteiger partial charge in [-0.05, 0) is 68.5 Å². The Morgan fingerprint density at radius 2 is 2.33 bits per heavy atom. The van der Waals surface area contributed by atoms with Gasteiger partial charge in [-0.25, -0.2) is 0 Å². The summed E-state index contributed by atoms with van der Waals surface area (Å²) >= 11 is 3.50. The summed E-state index contributed by atoms with van der Waals surface area (Å²) in [5, 5.41) is 3.45. The van der Waals surface area contributed by atoms with E-state index in [1.54, 1.807) is 0 Å². The van der Waals surface area contributed by atoms with Gasteiger partial charge in [-0.3, -0.25) is 0 Å². The van der Waals surface area contributed by atoms with Gasteiger partial charge in [-0.1, -0.05) is 22.9 Å². The highest BCUT2D eigenvalue weighted by Crippen LogP contribution is 2.24. The first-order valence-electron chi connectivity index (χ1n) is 6.91. The number of rotatable bonds is 5. The highest BCUT2D eigenvalue weighted by Gasteiger charge is 2.13. The van der Waals surface area contributed by atoms with Crippen molar-refractivity contribution in [3.05, 3.63) is 28.2 Å². The molecule has 1 fully saturated rings. The Balaban J connectivity index is 1.82. The van der Waals surface area contributed by atoms with Crippen LogP contribution in [-0.2, 0) is 6.42 Å². The Kier molecular flexibility index (Phi) is 5.51. The normalized spacial score (nSPS) is 19.8. The fourth-order valence-corrected chi connectivity index (χ4v) is 2.88. The summed E-state index contributed by atoms with van der Waals surface area (Å²) in [5.74, 6) is 1.84. The Morgan fingerprint density at radius 1 is 1.44 bits per heavy atom. The number of piperidine rings is 1. The second-order valence-electron chi connectivity index (χ2n) is 4.96. The number of nitrogens with one attached hydrogen (secondary N) is 1. The van der Waals surface area contributed by atoms with Gasteiger partial charge >= 0.3 is 0 Å². The van der Waals surface area contributed by atoms with Crippen LogP contribution in [0, 0.1) is 5.92 Å². The quantitative estimate of drug-likeness (QED) is 0.893. The molecular formula is C15H22BrNO. The maximum Gasteiger partial charge on any atom is 0.122 e. The Labute approximate surface area is 118 Å². The summed E-state index contributed by atoms with van der Waals surface area (Å²) in [6.45, 7) is 5.34. The second kappa shape index (κ2) is 7.15. The van der Waals surface area contributed by atoms with Gasteiger partial charge in [0, 0.05) is 4.47 Å². The zero-order chi connectivity index (χ0) is 12.8. The van der Waals surface area contributed by atoms with E-state index in [2.05, 4.69) is 46.4 Å². The molecular weight excluding hydrogens is 290 g/mol. The lowest BCUT2D eigenvalue weighted by molar-refractivity contribution is 0.252. The van der Waals surface area contributed by atoms with Gasteiger partial charge in [0.2, 0.25) is 0 Å². The molecule has 1 aliphatic rings. The van der Waals surface area contributed by atoms with Crippen LogP contribution in [0.2, 0.25) is 0 Å². The van der Waals surface area contributed by atoms with E-state index >= 15 is 0 Å². The molecule has 100 valence electrons. The Morgan fingerprint density at radius 3 is 3.06 bits per heavy atom. The van der Waals surface area contributed by atoms with Crippen molar-refractivity contribution in [3.8, 4) is 5.75 Å². The lowest BCUT2D eigenvalue weighted by Gasteiger charge is -2.22. The van der Waals surface area contributed by atoms with E-state index in [0.717, 1.165) is 42.1 Å². The molecule has 18 heavy (non-hydrogen) atoms. The van der Waals surface area contributed by atoms with E-state index in [-0.39, 0.29) is 0 Å². The van der Waals surface area contributed by atoms with Crippen molar-refractivity contribution in [2.45, 2.75) is 32.6 Å². The summed E-state index contributed by atoms with van der Waals surface area (Å²) in [6.07, 6.45) is 4.83. The number of halogens is 1. The van der Waals surface area contributed by atoms with Crippen LogP contribution in [0.25, 0.3) is 0 Å². The van der Waals surface area contributed by atoms with Crippen LogP contribution in [0.3, 0.4) is 0 Å². The zero-order valence-corrected chi connectivity index (χ0v) is 12.6. The van der Waals surface area contributed by atoms with Crippen LogP contribution in [0.15, 0.2) is 22.7 Å². The Bertz CT molecular complexity index is 375. The maximum absolute atomic E-state index is 5.94. The molecule has 1 aromatic carbocycles. The van der Waals surface area contributed by atoms with Gasteiger partial charge in [0.15, 0.2) is 0 Å². The predicted octanol–water partition coefficient (Wildman–Crippen LogP) is 3.78. The molecule has 1 unspecified atom stereocenters. The molecule has 0 saturated carbocycles. The second-order valence-corrected chi connectivity index (χ2v) is 5.87. The average molecular weight is 312 g/mol. The van der Waals surface area contributed by atoms with E-state index < -0.39 is 0 Å². The van der Waals surface area contributed by atoms with Gasteiger partial charge in [-0.15, -0.1) is 0 Å². The van der Waals surface area contributed by atoms with Crippen molar-refractivity contribution < 1.29 is 4.74 Å². The fourth-order valence-electron chi connectivity index (χ4n) is 2.47. The standard InChI is InChI=1S/C15H22BrNO/c1-2-13-10-14(16)5-6-15(13)18-9-7-12-4-3-8-17-11-12/h5-6,10,12,17H,2-4,7-9,11H2,1H3. The van der Waals surface area contributed by atoms with Crippen LogP contribution >= 0.6 is 15.9 Å². The molecule has 2 nitrogen and oxygen atoms in total. The maximum atomic E-state index is 5.94. The first-order valence-corrected chi connectivity index (χ1v) is 7.71. The topological polar surface area (TPSA) is 21.3 Å². The molecule has 0 amide bonds. The van der Waals surface area contributed by atoms with E-state index in [1.165, 1.54) is 24.9 Å². The molecule has 3 heteroatoms. The van der Waals surface area contributed by atoms with Gasteiger partial charge in [-0.2, -0.15) is 0 Å². The van der Waals surface area contributed by atoms with E-state index in [1.807, 2.05) is 0 Å². The van der Waals surface area contributed by atoms with E-state index in [4.69, 9.17) is 4.74 Å². The fraction of sp³-hybridized carbons (Fsp3) is 0.600. The summed E-state index contributed by atoms with van der Waals surface area (Å²) < 4.78 is 7.07. The molecule has 0 aliphatic carbocycles. The molecule has 1 saturated heterocycles. The molecule has 0 bridgehead atoms. The molecule has 1 heterocycles. The zero-order valence-electron chi connectivity index (χ0n) is 11.0. The first kappa shape index (κ1) is 13.9. The largest absolute Gasteiger partial charge is 0.493 e. The smallest absolute Gasteiger partial charge is 0.122 e. The SMILES string of the molecule is CCc1cc(Br)ccc1OCCC1CCCNC1. The third kappa shape index (κ3) is 3.99. The molecule has 1 aromatic rings. The van der Waals surface area contributed by atoms with Crippen molar-refractivity contribution in [3.63, 3.8) is 0 Å².